The normalized spacial score (nSPS) is 21.4. The molecule has 5 atom stereocenters. The molecule has 2 bridgehead atoms. The summed E-state index contributed by atoms with van der Waals surface area (Å²) in [6.45, 7) is 9.39. The average Bonchev–Trinajstić information content (AvgIpc) is 3.17. The maximum Gasteiger partial charge on any atom is 0.410 e. The number of nitrogens with two attached hydrogens (primary N) is 1. The first-order chi connectivity index (χ1) is 24.0. The summed E-state index contributed by atoms with van der Waals surface area (Å²) in [5, 5.41) is 3.36. The lowest BCUT2D eigenvalue weighted by atomic mass is 9.85. The lowest BCUT2D eigenvalue weighted by Crippen LogP contribution is -2.60. The Balaban J connectivity index is 1.38. The van der Waals surface area contributed by atoms with Crippen molar-refractivity contribution in [3.05, 3.63) is 88.3 Å². The van der Waals surface area contributed by atoms with Crippen LogP contribution in [-0.2, 0) is 26.0 Å². The van der Waals surface area contributed by atoms with Gasteiger partial charge in [0, 0.05) is 59.6 Å². The molecule has 5 rings (SSSR count). The highest BCUT2D eigenvalue weighted by atomic mass is 35.5. The van der Waals surface area contributed by atoms with Crippen LogP contribution in [0.15, 0.2) is 60.8 Å². The van der Waals surface area contributed by atoms with E-state index in [1.807, 2.05) is 13.8 Å². The number of fused-ring (bicyclic) bond motifs is 2. The predicted molar refractivity (Wildman–Crippen MR) is 195 cm³/mol. The van der Waals surface area contributed by atoms with Crippen LogP contribution in [0.1, 0.15) is 76.5 Å². The number of nitrogens with zero attached hydrogens (tertiary/aromatic N) is 3. The average molecular weight is 744 g/mol. The van der Waals surface area contributed by atoms with Crippen LogP contribution in [0.4, 0.5) is 14.9 Å². The van der Waals surface area contributed by atoms with Crippen LogP contribution in [0, 0.1) is 5.82 Å². The Kier molecular flexibility index (Phi) is 12.0. The SMILES string of the molecule is CC(C)Oc1ccc([C@H](c2ccc(Cl)cc2)[C@H](N)C(=O)Nc2cccc(F)c2CCC2CN(C(=O)OC(C)(C)C)[C@@H]3CCCS(=O)(=O)N2C3)cn1. The summed E-state index contributed by atoms with van der Waals surface area (Å²) in [5.41, 5.74) is 7.77. The number of amides is 2. The summed E-state index contributed by atoms with van der Waals surface area (Å²) in [7, 11) is -3.60. The van der Waals surface area contributed by atoms with Crippen molar-refractivity contribution < 1.29 is 31.9 Å². The van der Waals surface area contributed by atoms with Gasteiger partial charge in [-0.1, -0.05) is 35.9 Å². The Labute approximate surface area is 304 Å². The minimum Gasteiger partial charge on any atom is -0.475 e. The Bertz CT molecular complexity index is 1800. The van der Waals surface area contributed by atoms with Crippen LogP contribution in [0.5, 0.6) is 5.88 Å². The number of rotatable bonds is 10. The molecule has 14 heteroatoms. The van der Waals surface area contributed by atoms with E-state index in [1.165, 1.54) is 16.4 Å². The summed E-state index contributed by atoms with van der Waals surface area (Å²) < 4.78 is 55.0. The van der Waals surface area contributed by atoms with Crippen LogP contribution in [0.3, 0.4) is 0 Å². The van der Waals surface area contributed by atoms with Gasteiger partial charge in [0.2, 0.25) is 21.8 Å². The van der Waals surface area contributed by atoms with Crippen molar-refractivity contribution in [2.24, 2.45) is 5.73 Å². The van der Waals surface area contributed by atoms with E-state index in [2.05, 4.69) is 10.3 Å². The van der Waals surface area contributed by atoms with Gasteiger partial charge >= 0.3 is 6.09 Å². The first kappa shape index (κ1) is 38.5. The number of carbonyl (C=O) groups excluding carboxylic acids is 2. The number of sulfonamides is 1. The van der Waals surface area contributed by atoms with Gasteiger partial charge in [0.15, 0.2) is 0 Å². The number of anilines is 1. The first-order valence-electron chi connectivity index (χ1n) is 17.2. The van der Waals surface area contributed by atoms with Gasteiger partial charge in [-0.3, -0.25) is 4.79 Å². The summed E-state index contributed by atoms with van der Waals surface area (Å²) >= 11 is 6.16. The molecule has 51 heavy (non-hydrogen) atoms. The van der Waals surface area contributed by atoms with E-state index >= 15 is 4.39 Å². The number of pyridine rings is 1. The molecule has 0 radical (unpaired) electrons. The largest absolute Gasteiger partial charge is 0.475 e. The zero-order valence-corrected chi connectivity index (χ0v) is 31.2. The number of aromatic nitrogens is 1. The molecule has 3 aromatic rings. The fourth-order valence-corrected chi connectivity index (χ4v) is 8.60. The number of benzene rings is 2. The fraction of sp³-hybridized carbons (Fsp3) is 0.486. The molecule has 1 aromatic heterocycles. The Hall–Kier alpha value is -3.78. The van der Waals surface area contributed by atoms with E-state index in [-0.39, 0.29) is 55.1 Å². The van der Waals surface area contributed by atoms with E-state index in [4.69, 9.17) is 26.8 Å². The third kappa shape index (κ3) is 9.56. The second-order valence-electron chi connectivity index (χ2n) is 14.4. The third-order valence-corrected chi connectivity index (χ3v) is 11.3. The molecular formula is C37H47ClFN5O6S. The topological polar surface area (TPSA) is 144 Å². The number of nitrogens with one attached hydrogen (secondary N) is 1. The number of halogens is 2. The van der Waals surface area contributed by atoms with Crippen molar-refractivity contribution in [2.45, 2.75) is 96.1 Å². The zero-order chi connectivity index (χ0) is 37.1. The van der Waals surface area contributed by atoms with Crippen molar-refractivity contribution in [1.82, 2.24) is 14.2 Å². The first-order valence-corrected chi connectivity index (χ1v) is 19.2. The molecule has 0 spiro atoms. The summed E-state index contributed by atoms with van der Waals surface area (Å²) in [6.07, 6.45) is 2.28. The van der Waals surface area contributed by atoms with Crippen LogP contribution >= 0.6 is 11.6 Å². The van der Waals surface area contributed by atoms with Gasteiger partial charge in [-0.2, -0.15) is 4.31 Å². The summed E-state index contributed by atoms with van der Waals surface area (Å²) in [6, 6.07) is 12.8. The molecule has 3 N–H and O–H groups in total. The van der Waals surface area contributed by atoms with E-state index in [1.54, 1.807) is 74.3 Å². The number of carbonyl (C=O) groups is 2. The van der Waals surface area contributed by atoms with Crippen molar-refractivity contribution in [2.75, 3.05) is 24.2 Å². The molecule has 3 heterocycles. The monoisotopic (exact) mass is 743 g/mol. The number of piperazine rings is 1. The smallest absolute Gasteiger partial charge is 0.410 e. The van der Waals surface area contributed by atoms with Crippen LogP contribution in [0.2, 0.25) is 5.02 Å². The number of ether oxygens (including phenoxy) is 2. The van der Waals surface area contributed by atoms with E-state index in [0.717, 1.165) is 5.56 Å². The molecule has 2 amide bonds. The Morgan fingerprint density at radius 3 is 2.43 bits per heavy atom. The highest BCUT2D eigenvalue weighted by molar-refractivity contribution is 7.89. The van der Waals surface area contributed by atoms with Crippen molar-refractivity contribution in [3.8, 4) is 5.88 Å². The lowest BCUT2D eigenvalue weighted by Gasteiger charge is -2.44. The maximum absolute atomic E-state index is 15.5. The summed E-state index contributed by atoms with van der Waals surface area (Å²) in [4.78, 5) is 33.1. The van der Waals surface area contributed by atoms with Gasteiger partial charge in [-0.15, -0.1) is 0 Å². The molecular weight excluding hydrogens is 697 g/mol. The van der Waals surface area contributed by atoms with E-state index in [0.29, 0.717) is 29.3 Å². The van der Waals surface area contributed by atoms with Crippen molar-refractivity contribution in [1.29, 1.82) is 0 Å². The third-order valence-electron chi connectivity index (χ3n) is 9.04. The van der Waals surface area contributed by atoms with Gasteiger partial charge in [0.1, 0.15) is 11.4 Å². The van der Waals surface area contributed by atoms with Crippen LogP contribution < -0.4 is 15.8 Å². The van der Waals surface area contributed by atoms with Crippen molar-refractivity contribution in [3.63, 3.8) is 0 Å². The summed E-state index contributed by atoms with van der Waals surface area (Å²) in [5.74, 6) is -1.35. The quantitative estimate of drug-likeness (QED) is 0.254. The molecule has 2 aromatic carbocycles. The second kappa shape index (κ2) is 15.9. The molecule has 0 saturated carbocycles. The molecule has 0 aliphatic carbocycles. The van der Waals surface area contributed by atoms with E-state index in [9.17, 15) is 18.0 Å². The van der Waals surface area contributed by atoms with Gasteiger partial charge < -0.3 is 25.4 Å². The standard InChI is InChI=1S/C37H47ClFN5O6S/c1-23(2)49-32-18-13-25(20-41-32)33(24-11-14-26(38)15-12-24)34(40)35(45)42-31-10-6-9-30(39)29(31)17-16-28-21-43(36(46)50-37(3,4)5)27-8-7-19-51(47,48)44(28)22-27/h6,9-15,18,20,23,27-28,33-34H,7-8,16-17,19,21-22,40H2,1-5H3,(H,42,45)/t27-,28?,33+,34+/m1/s1. The Morgan fingerprint density at radius 1 is 1.08 bits per heavy atom. The lowest BCUT2D eigenvalue weighted by molar-refractivity contribution is -0.117. The molecule has 276 valence electrons. The van der Waals surface area contributed by atoms with Crippen LogP contribution in [-0.4, -0.2) is 83.3 Å². The minimum absolute atomic E-state index is 0.0289. The van der Waals surface area contributed by atoms with Crippen molar-refractivity contribution >= 4 is 39.3 Å². The van der Waals surface area contributed by atoms with Gasteiger partial charge in [0.05, 0.1) is 17.9 Å². The molecule has 2 fully saturated rings. The molecule has 2 unspecified atom stereocenters. The fourth-order valence-electron chi connectivity index (χ4n) is 6.68. The zero-order valence-electron chi connectivity index (χ0n) is 29.6. The molecule has 2 aliphatic heterocycles. The minimum atomic E-state index is -3.60. The number of hydrogen-bond donors (Lipinski definition) is 2. The number of hydrogen-bond acceptors (Lipinski definition) is 8. The van der Waals surface area contributed by atoms with Gasteiger partial charge in [-0.05, 0) is 95.7 Å². The molecule has 2 aliphatic rings. The Morgan fingerprint density at radius 2 is 1.78 bits per heavy atom. The second-order valence-corrected chi connectivity index (χ2v) is 16.9. The van der Waals surface area contributed by atoms with Gasteiger partial charge in [0.25, 0.3) is 0 Å². The maximum atomic E-state index is 15.5. The molecule has 11 nitrogen and oxygen atoms in total. The van der Waals surface area contributed by atoms with Crippen LogP contribution in [0.25, 0.3) is 0 Å². The molecule has 2 saturated heterocycles. The predicted octanol–water partition coefficient (Wildman–Crippen LogP) is 6.11. The highest BCUT2D eigenvalue weighted by Gasteiger charge is 2.44. The van der Waals surface area contributed by atoms with E-state index < -0.39 is 51.4 Å². The highest BCUT2D eigenvalue weighted by Crippen LogP contribution is 2.33. The van der Waals surface area contributed by atoms with Gasteiger partial charge in [-0.25, -0.2) is 22.6 Å².